The number of hydrogen-bond donors (Lipinski definition) is 1. The van der Waals surface area contributed by atoms with Crippen molar-refractivity contribution in [3.63, 3.8) is 0 Å². The zero-order valence-corrected chi connectivity index (χ0v) is 14.8. The predicted octanol–water partition coefficient (Wildman–Crippen LogP) is 1.74. The van der Waals surface area contributed by atoms with Gasteiger partial charge in [-0.05, 0) is 44.3 Å². The minimum absolute atomic E-state index is 0.0386. The van der Waals surface area contributed by atoms with Crippen LogP contribution in [0.15, 0.2) is 36.5 Å². The van der Waals surface area contributed by atoms with E-state index >= 15 is 0 Å². The van der Waals surface area contributed by atoms with E-state index in [1.165, 1.54) is 7.05 Å². The van der Waals surface area contributed by atoms with E-state index in [-0.39, 0.29) is 11.9 Å². The lowest BCUT2D eigenvalue weighted by Crippen LogP contribution is -2.46. The average Bonchev–Trinajstić information content (AvgIpc) is 3.04. The summed E-state index contributed by atoms with van der Waals surface area (Å²) in [4.78, 5) is 14.6. The summed E-state index contributed by atoms with van der Waals surface area (Å²) in [5.41, 5.74) is 1.03. The van der Waals surface area contributed by atoms with E-state index in [4.69, 9.17) is 0 Å². The van der Waals surface area contributed by atoms with Gasteiger partial charge in [-0.2, -0.15) is 0 Å². The molecular formula is C17H23N3O3S. The van der Waals surface area contributed by atoms with Gasteiger partial charge in [-0.15, -0.1) is 0 Å². The minimum atomic E-state index is -3.26. The highest BCUT2D eigenvalue weighted by molar-refractivity contribution is 7.90. The third-order valence-corrected chi connectivity index (χ3v) is 6.80. The van der Waals surface area contributed by atoms with E-state index in [2.05, 4.69) is 4.72 Å². The Morgan fingerprint density at radius 2 is 1.88 bits per heavy atom. The Morgan fingerprint density at radius 3 is 2.54 bits per heavy atom. The van der Waals surface area contributed by atoms with Gasteiger partial charge in [0.15, 0.2) is 0 Å². The van der Waals surface area contributed by atoms with Gasteiger partial charge in [-0.3, -0.25) is 4.79 Å². The molecule has 2 aromatic rings. The lowest BCUT2D eigenvalue weighted by atomic mass is 10.1. The lowest BCUT2D eigenvalue weighted by Gasteiger charge is -2.33. The fourth-order valence-electron chi connectivity index (χ4n) is 3.38. The monoisotopic (exact) mass is 349 g/mol. The number of benzene rings is 1. The summed E-state index contributed by atoms with van der Waals surface area (Å²) in [6, 6.07) is 9.67. The van der Waals surface area contributed by atoms with Crippen LogP contribution in [0, 0.1) is 0 Å². The molecule has 1 atom stereocenters. The highest BCUT2D eigenvalue weighted by atomic mass is 32.2. The molecule has 1 fully saturated rings. The van der Waals surface area contributed by atoms with Gasteiger partial charge in [0.2, 0.25) is 15.9 Å². The normalized spacial score (nSPS) is 18.0. The van der Waals surface area contributed by atoms with Crippen LogP contribution in [0.1, 0.15) is 25.8 Å². The number of amides is 1. The number of sulfonamides is 1. The first-order valence-electron chi connectivity index (χ1n) is 8.21. The molecule has 1 aromatic carbocycles. The Morgan fingerprint density at radius 1 is 1.21 bits per heavy atom. The van der Waals surface area contributed by atoms with Crippen LogP contribution >= 0.6 is 0 Å². The van der Waals surface area contributed by atoms with Crippen LogP contribution in [0.2, 0.25) is 0 Å². The van der Waals surface area contributed by atoms with E-state index < -0.39 is 15.3 Å². The number of likely N-dealkylation sites (tertiary alicyclic amines) is 1. The van der Waals surface area contributed by atoms with Crippen molar-refractivity contribution in [1.82, 2.24) is 14.2 Å². The molecule has 1 saturated heterocycles. The van der Waals surface area contributed by atoms with Gasteiger partial charge in [0.25, 0.3) is 0 Å². The molecule has 1 unspecified atom stereocenters. The van der Waals surface area contributed by atoms with Crippen molar-refractivity contribution in [1.29, 1.82) is 0 Å². The molecule has 24 heavy (non-hydrogen) atoms. The molecule has 1 aliphatic rings. The van der Waals surface area contributed by atoms with Crippen molar-refractivity contribution in [2.75, 3.05) is 20.1 Å². The fraction of sp³-hybridized carbons (Fsp3) is 0.471. The molecule has 7 heteroatoms. The Labute approximate surface area is 142 Å². The number of nitrogens with zero attached hydrogens (tertiary/aromatic N) is 2. The number of carbonyl (C=O) groups excluding carboxylic acids is 1. The Bertz CT molecular complexity index is 836. The summed E-state index contributed by atoms with van der Waals surface area (Å²) in [6.07, 6.45) is 2.90. The highest BCUT2D eigenvalue weighted by Gasteiger charge is 2.32. The van der Waals surface area contributed by atoms with Crippen LogP contribution in [-0.4, -0.2) is 49.2 Å². The zero-order chi connectivity index (χ0) is 17.3. The Hall–Kier alpha value is -1.86. The summed E-state index contributed by atoms with van der Waals surface area (Å²) in [7, 11) is -1.82. The van der Waals surface area contributed by atoms with Gasteiger partial charge in [0, 0.05) is 24.8 Å². The summed E-state index contributed by atoms with van der Waals surface area (Å²) in [6.45, 7) is 2.85. The van der Waals surface area contributed by atoms with Crippen LogP contribution < -0.4 is 4.72 Å². The predicted molar refractivity (Wildman–Crippen MR) is 94.2 cm³/mol. The number of para-hydroxylation sites is 1. The van der Waals surface area contributed by atoms with Crippen LogP contribution in [0.4, 0.5) is 0 Å². The molecule has 2 heterocycles. The van der Waals surface area contributed by atoms with Gasteiger partial charge in [-0.1, -0.05) is 18.2 Å². The smallest absolute Gasteiger partial charge is 0.245 e. The lowest BCUT2D eigenvalue weighted by molar-refractivity contribution is -0.135. The molecule has 130 valence electrons. The number of aromatic nitrogens is 1. The number of carbonyl (C=O) groups is 1. The molecule has 1 amide bonds. The van der Waals surface area contributed by atoms with Crippen molar-refractivity contribution in [2.45, 2.75) is 31.1 Å². The molecular weight excluding hydrogens is 326 g/mol. The van der Waals surface area contributed by atoms with Gasteiger partial charge in [-0.25, -0.2) is 13.1 Å². The highest BCUT2D eigenvalue weighted by Crippen LogP contribution is 2.24. The number of piperidine rings is 1. The molecule has 1 N–H and O–H groups in total. The number of nitrogens with one attached hydrogen (secondary N) is 1. The standard InChI is InChI=1S/C17H23N3O3S/c1-13(20-12-7-14-5-3-4-6-16(14)20)17(21)19-10-8-15(9-11-19)24(22,23)18-2/h3-7,12-13,15,18H,8-11H2,1-2H3. The Balaban J connectivity index is 1.71. The first-order chi connectivity index (χ1) is 11.4. The second-order valence-electron chi connectivity index (χ2n) is 6.23. The van der Waals surface area contributed by atoms with Crippen molar-refractivity contribution >= 4 is 26.8 Å². The van der Waals surface area contributed by atoms with Crippen LogP contribution in [0.3, 0.4) is 0 Å². The first-order valence-corrected chi connectivity index (χ1v) is 9.75. The molecule has 1 aromatic heterocycles. The number of hydrogen-bond acceptors (Lipinski definition) is 3. The summed E-state index contributed by atoms with van der Waals surface area (Å²) >= 11 is 0. The molecule has 0 saturated carbocycles. The molecule has 0 bridgehead atoms. The summed E-state index contributed by atoms with van der Waals surface area (Å²) < 4.78 is 28.1. The summed E-state index contributed by atoms with van der Waals surface area (Å²) in [5, 5.41) is 0.699. The molecule has 3 rings (SSSR count). The van der Waals surface area contributed by atoms with Crippen LogP contribution in [0.25, 0.3) is 10.9 Å². The Kier molecular flexibility index (Phi) is 4.64. The fourth-order valence-corrected chi connectivity index (χ4v) is 4.54. The van der Waals surface area contributed by atoms with E-state index in [0.717, 1.165) is 10.9 Å². The second kappa shape index (κ2) is 6.57. The van der Waals surface area contributed by atoms with Crippen molar-refractivity contribution in [2.24, 2.45) is 0 Å². The topological polar surface area (TPSA) is 71.4 Å². The van der Waals surface area contributed by atoms with Gasteiger partial charge < -0.3 is 9.47 Å². The van der Waals surface area contributed by atoms with Crippen LogP contribution in [0.5, 0.6) is 0 Å². The third-order valence-electron chi connectivity index (χ3n) is 4.88. The molecule has 1 aliphatic heterocycles. The van der Waals surface area contributed by atoms with Crippen molar-refractivity contribution < 1.29 is 13.2 Å². The SMILES string of the molecule is CNS(=O)(=O)C1CCN(C(=O)C(C)n2ccc3ccccc32)CC1. The van der Waals surface area contributed by atoms with Crippen LogP contribution in [-0.2, 0) is 14.8 Å². The molecule has 0 radical (unpaired) electrons. The van der Waals surface area contributed by atoms with Crippen molar-refractivity contribution in [3.05, 3.63) is 36.5 Å². The van der Waals surface area contributed by atoms with Gasteiger partial charge >= 0.3 is 0 Å². The van der Waals surface area contributed by atoms with E-state index in [1.54, 1.807) is 4.90 Å². The maximum atomic E-state index is 12.8. The molecule has 6 nitrogen and oxygen atoms in total. The van der Waals surface area contributed by atoms with E-state index in [0.29, 0.717) is 25.9 Å². The third kappa shape index (κ3) is 3.06. The maximum Gasteiger partial charge on any atom is 0.245 e. The molecule has 0 spiro atoms. The quantitative estimate of drug-likeness (QED) is 0.914. The minimum Gasteiger partial charge on any atom is -0.341 e. The van der Waals surface area contributed by atoms with E-state index in [9.17, 15) is 13.2 Å². The zero-order valence-electron chi connectivity index (χ0n) is 14.0. The number of fused-ring (bicyclic) bond motifs is 1. The van der Waals surface area contributed by atoms with Crippen molar-refractivity contribution in [3.8, 4) is 0 Å². The first kappa shape index (κ1) is 17.0. The average molecular weight is 349 g/mol. The number of rotatable bonds is 4. The van der Waals surface area contributed by atoms with Gasteiger partial charge in [0.1, 0.15) is 6.04 Å². The van der Waals surface area contributed by atoms with Gasteiger partial charge in [0.05, 0.1) is 5.25 Å². The summed E-state index contributed by atoms with van der Waals surface area (Å²) in [5.74, 6) is 0.0386. The largest absolute Gasteiger partial charge is 0.341 e. The van der Waals surface area contributed by atoms with E-state index in [1.807, 2.05) is 48.0 Å². The molecule has 0 aliphatic carbocycles. The maximum absolute atomic E-state index is 12.8. The second-order valence-corrected chi connectivity index (χ2v) is 8.40.